The Morgan fingerprint density at radius 3 is 2.59 bits per heavy atom. The van der Waals surface area contributed by atoms with Gasteiger partial charge in [0.15, 0.2) is 0 Å². The highest BCUT2D eigenvalue weighted by atomic mass is 16.6. The highest BCUT2D eigenvalue weighted by Gasteiger charge is 2.13. The number of anilines is 2. The fourth-order valence-electron chi connectivity index (χ4n) is 1.29. The Labute approximate surface area is 100 Å². The van der Waals surface area contributed by atoms with E-state index in [0.717, 1.165) is 13.0 Å². The molecule has 0 fully saturated rings. The second kappa shape index (κ2) is 4.99. The maximum atomic E-state index is 10.5. The van der Waals surface area contributed by atoms with Crippen molar-refractivity contribution in [3.8, 4) is 0 Å². The number of nitrogens with one attached hydrogen (secondary N) is 1. The van der Waals surface area contributed by atoms with Gasteiger partial charge in [-0.15, -0.1) is 0 Å². The van der Waals surface area contributed by atoms with Crippen LogP contribution >= 0.6 is 0 Å². The first-order valence-electron chi connectivity index (χ1n) is 5.44. The molecule has 0 saturated heterocycles. The van der Waals surface area contributed by atoms with Crippen molar-refractivity contribution < 1.29 is 4.92 Å². The van der Waals surface area contributed by atoms with Crippen molar-refractivity contribution in [2.24, 2.45) is 5.41 Å². The van der Waals surface area contributed by atoms with Crippen molar-refractivity contribution >= 4 is 17.3 Å². The minimum Gasteiger partial charge on any atom is -0.378 e. The van der Waals surface area contributed by atoms with Crippen LogP contribution in [0.2, 0.25) is 0 Å². The Balaban J connectivity index is 2.62. The summed E-state index contributed by atoms with van der Waals surface area (Å²) in [6.07, 6.45) is 0.978. The normalized spacial score (nSPS) is 11.2. The van der Waals surface area contributed by atoms with Gasteiger partial charge in [0.2, 0.25) is 5.82 Å². The standard InChI is InChI=1S/C11H18N4O2/c1-11(2,3)6-7-13-9-5-4-8(15(16)17)10(12)14-9/h4-5H,6-7H2,1-3H3,(H3,12,13,14). The Bertz CT molecular complexity index is 412. The van der Waals surface area contributed by atoms with Crippen molar-refractivity contribution in [2.75, 3.05) is 17.6 Å². The minimum atomic E-state index is -0.540. The van der Waals surface area contributed by atoms with E-state index in [-0.39, 0.29) is 16.9 Å². The molecule has 0 aliphatic heterocycles. The Morgan fingerprint density at radius 2 is 2.12 bits per heavy atom. The first-order valence-corrected chi connectivity index (χ1v) is 5.44. The molecule has 6 nitrogen and oxygen atoms in total. The average molecular weight is 238 g/mol. The van der Waals surface area contributed by atoms with Crippen molar-refractivity contribution in [3.63, 3.8) is 0 Å². The highest BCUT2D eigenvalue weighted by Crippen LogP contribution is 2.22. The van der Waals surface area contributed by atoms with Gasteiger partial charge in [-0.05, 0) is 17.9 Å². The predicted octanol–water partition coefficient (Wildman–Crippen LogP) is 2.42. The first-order chi connectivity index (χ1) is 7.79. The van der Waals surface area contributed by atoms with Gasteiger partial charge < -0.3 is 11.1 Å². The van der Waals surface area contributed by atoms with Gasteiger partial charge in [-0.25, -0.2) is 4.98 Å². The van der Waals surface area contributed by atoms with Gasteiger partial charge in [-0.1, -0.05) is 20.8 Å². The van der Waals surface area contributed by atoms with Crippen molar-refractivity contribution in [2.45, 2.75) is 27.2 Å². The molecule has 6 heteroatoms. The summed E-state index contributed by atoms with van der Waals surface area (Å²) in [5.41, 5.74) is 5.56. The van der Waals surface area contributed by atoms with E-state index < -0.39 is 4.92 Å². The second-order valence-electron chi connectivity index (χ2n) is 5.10. The number of nitrogens with two attached hydrogens (primary N) is 1. The smallest absolute Gasteiger partial charge is 0.311 e. The van der Waals surface area contributed by atoms with Gasteiger partial charge in [-0.2, -0.15) is 0 Å². The average Bonchev–Trinajstić information content (AvgIpc) is 2.15. The van der Waals surface area contributed by atoms with E-state index in [9.17, 15) is 10.1 Å². The fourth-order valence-corrected chi connectivity index (χ4v) is 1.29. The van der Waals surface area contributed by atoms with Gasteiger partial charge in [0.1, 0.15) is 5.82 Å². The molecule has 17 heavy (non-hydrogen) atoms. The molecule has 0 unspecified atom stereocenters. The van der Waals surface area contributed by atoms with E-state index in [1.54, 1.807) is 6.07 Å². The zero-order chi connectivity index (χ0) is 13.1. The first kappa shape index (κ1) is 13.2. The van der Waals surface area contributed by atoms with Crippen LogP contribution < -0.4 is 11.1 Å². The predicted molar refractivity (Wildman–Crippen MR) is 67.9 cm³/mol. The summed E-state index contributed by atoms with van der Waals surface area (Å²) in [6, 6.07) is 2.93. The molecular formula is C11H18N4O2. The van der Waals surface area contributed by atoms with Crippen LogP contribution in [0.25, 0.3) is 0 Å². The van der Waals surface area contributed by atoms with Crippen molar-refractivity contribution in [3.05, 3.63) is 22.2 Å². The molecule has 0 aliphatic carbocycles. The van der Waals surface area contributed by atoms with Crippen LogP contribution in [0.15, 0.2) is 12.1 Å². The SMILES string of the molecule is CC(C)(C)CCNc1ccc([N+](=O)[O-])c(N)n1. The molecule has 0 aromatic carbocycles. The van der Waals surface area contributed by atoms with Crippen LogP contribution in [0.5, 0.6) is 0 Å². The van der Waals surface area contributed by atoms with Crippen LogP contribution in [0.3, 0.4) is 0 Å². The molecule has 0 bridgehead atoms. The molecule has 1 heterocycles. The lowest BCUT2D eigenvalue weighted by atomic mass is 9.92. The van der Waals surface area contributed by atoms with Crippen molar-refractivity contribution in [1.82, 2.24) is 4.98 Å². The van der Waals surface area contributed by atoms with E-state index >= 15 is 0 Å². The third-order valence-electron chi connectivity index (χ3n) is 2.28. The lowest BCUT2D eigenvalue weighted by Gasteiger charge is -2.18. The molecular weight excluding hydrogens is 220 g/mol. The highest BCUT2D eigenvalue weighted by molar-refractivity contribution is 5.57. The molecule has 0 aliphatic rings. The summed E-state index contributed by atoms with van der Waals surface area (Å²) >= 11 is 0. The molecule has 0 spiro atoms. The van der Waals surface area contributed by atoms with Crippen LogP contribution in [0.4, 0.5) is 17.3 Å². The zero-order valence-electron chi connectivity index (χ0n) is 10.4. The molecule has 3 N–H and O–H groups in total. The minimum absolute atomic E-state index is 0.0595. The topological polar surface area (TPSA) is 94.1 Å². The molecule has 0 amide bonds. The summed E-state index contributed by atoms with van der Waals surface area (Å²) in [4.78, 5) is 13.9. The molecule has 1 aromatic heterocycles. The van der Waals surface area contributed by atoms with E-state index in [1.807, 2.05) is 0 Å². The number of rotatable bonds is 4. The number of aromatic nitrogens is 1. The quantitative estimate of drug-likeness (QED) is 0.620. The maximum Gasteiger partial charge on any atom is 0.311 e. The number of nitrogen functional groups attached to an aromatic ring is 1. The maximum absolute atomic E-state index is 10.5. The van der Waals surface area contributed by atoms with Gasteiger partial charge in [-0.3, -0.25) is 10.1 Å². The van der Waals surface area contributed by atoms with Gasteiger partial charge in [0, 0.05) is 12.6 Å². The third-order valence-corrected chi connectivity index (χ3v) is 2.28. The number of nitrogens with zero attached hydrogens (tertiary/aromatic N) is 2. The van der Waals surface area contributed by atoms with E-state index in [0.29, 0.717) is 5.82 Å². The Hall–Kier alpha value is -1.85. The lowest BCUT2D eigenvalue weighted by Crippen LogP contribution is -2.13. The van der Waals surface area contributed by atoms with E-state index in [1.165, 1.54) is 6.07 Å². The monoisotopic (exact) mass is 238 g/mol. The number of nitro groups is 1. The van der Waals surface area contributed by atoms with Crippen molar-refractivity contribution in [1.29, 1.82) is 0 Å². The fraction of sp³-hybridized carbons (Fsp3) is 0.545. The number of hydrogen-bond donors (Lipinski definition) is 2. The van der Waals surface area contributed by atoms with E-state index in [4.69, 9.17) is 5.73 Å². The number of pyridine rings is 1. The second-order valence-corrected chi connectivity index (χ2v) is 5.10. The Morgan fingerprint density at radius 1 is 1.47 bits per heavy atom. The van der Waals surface area contributed by atoms with Crippen LogP contribution in [-0.2, 0) is 0 Å². The van der Waals surface area contributed by atoms with Gasteiger partial charge in [0.05, 0.1) is 4.92 Å². The molecule has 1 rings (SSSR count). The summed E-state index contributed by atoms with van der Waals surface area (Å²) in [7, 11) is 0. The third kappa shape index (κ3) is 4.26. The molecule has 0 atom stereocenters. The van der Waals surface area contributed by atoms with Gasteiger partial charge in [0.25, 0.3) is 0 Å². The number of hydrogen-bond acceptors (Lipinski definition) is 5. The summed E-state index contributed by atoms with van der Waals surface area (Å²) in [5, 5.41) is 13.6. The summed E-state index contributed by atoms with van der Waals surface area (Å²) in [5.74, 6) is 0.508. The summed E-state index contributed by atoms with van der Waals surface area (Å²) < 4.78 is 0. The molecule has 94 valence electrons. The molecule has 0 radical (unpaired) electrons. The Kier molecular flexibility index (Phi) is 3.88. The lowest BCUT2D eigenvalue weighted by molar-refractivity contribution is -0.384. The van der Waals surface area contributed by atoms with E-state index in [2.05, 4.69) is 31.1 Å². The molecule has 1 aromatic rings. The van der Waals surface area contributed by atoms with Crippen LogP contribution in [0.1, 0.15) is 27.2 Å². The largest absolute Gasteiger partial charge is 0.378 e. The van der Waals surface area contributed by atoms with Crippen LogP contribution in [-0.4, -0.2) is 16.5 Å². The summed E-state index contributed by atoms with van der Waals surface area (Å²) in [6.45, 7) is 7.19. The zero-order valence-corrected chi connectivity index (χ0v) is 10.4. The molecule has 0 saturated carbocycles. The van der Waals surface area contributed by atoms with Crippen LogP contribution in [0, 0.1) is 15.5 Å². The van der Waals surface area contributed by atoms with Gasteiger partial charge >= 0.3 is 5.69 Å².